The van der Waals surface area contributed by atoms with Crippen LogP contribution in [0.3, 0.4) is 0 Å². The topological polar surface area (TPSA) is 74.0 Å². The van der Waals surface area contributed by atoms with Gasteiger partial charge >= 0.3 is 5.97 Å². The van der Waals surface area contributed by atoms with Crippen LogP contribution in [0.2, 0.25) is 0 Å². The van der Waals surface area contributed by atoms with Crippen molar-refractivity contribution in [3.63, 3.8) is 0 Å². The lowest BCUT2D eigenvalue weighted by atomic mass is 10.1. The molecule has 0 radical (unpaired) electrons. The minimum Gasteiger partial charge on any atom is -0.494 e. The standard InChI is InChI=1S/C12H16N2O4/c1-14-4-5-18-11-9(13)7(12(15)17-3)6-8(16-2)10(11)14/h6H,4-5,13H2,1-3H3. The average Bonchev–Trinajstić information content (AvgIpc) is 2.39. The smallest absolute Gasteiger partial charge is 0.340 e. The lowest BCUT2D eigenvalue weighted by Gasteiger charge is -2.30. The zero-order valence-electron chi connectivity index (χ0n) is 10.6. The second-order valence-electron chi connectivity index (χ2n) is 3.98. The van der Waals surface area contributed by atoms with Gasteiger partial charge in [0.2, 0.25) is 0 Å². The fraction of sp³-hybridized carbons (Fsp3) is 0.417. The lowest BCUT2D eigenvalue weighted by molar-refractivity contribution is 0.0601. The molecule has 2 rings (SSSR count). The number of benzene rings is 1. The summed E-state index contributed by atoms with van der Waals surface area (Å²) in [5.41, 5.74) is 7.25. The number of hydrogen-bond donors (Lipinski definition) is 1. The summed E-state index contributed by atoms with van der Waals surface area (Å²) in [7, 11) is 4.76. The van der Waals surface area contributed by atoms with E-state index in [1.54, 1.807) is 6.07 Å². The number of carbonyl (C=O) groups excluding carboxylic acids is 1. The summed E-state index contributed by atoms with van der Waals surface area (Å²) in [6.45, 7) is 1.25. The fourth-order valence-corrected chi connectivity index (χ4v) is 1.98. The average molecular weight is 252 g/mol. The molecule has 0 aliphatic carbocycles. The van der Waals surface area contributed by atoms with Crippen molar-refractivity contribution >= 4 is 17.3 Å². The largest absolute Gasteiger partial charge is 0.494 e. The summed E-state index contributed by atoms with van der Waals surface area (Å²) in [4.78, 5) is 13.6. The van der Waals surface area contributed by atoms with Gasteiger partial charge in [-0.3, -0.25) is 0 Å². The maximum Gasteiger partial charge on any atom is 0.340 e. The van der Waals surface area contributed by atoms with Crippen LogP contribution in [0.1, 0.15) is 10.4 Å². The Morgan fingerprint density at radius 2 is 2.22 bits per heavy atom. The lowest BCUT2D eigenvalue weighted by Crippen LogP contribution is -2.30. The Hall–Kier alpha value is -2.11. The van der Waals surface area contributed by atoms with Gasteiger partial charge in [0.15, 0.2) is 5.75 Å². The van der Waals surface area contributed by atoms with Crippen LogP contribution < -0.4 is 20.1 Å². The maximum atomic E-state index is 11.6. The second-order valence-corrected chi connectivity index (χ2v) is 3.98. The molecule has 0 bridgehead atoms. The first-order chi connectivity index (χ1) is 8.60. The van der Waals surface area contributed by atoms with Gasteiger partial charge in [0.1, 0.15) is 18.0 Å². The molecule has 0 amide bonds. The van der Waals surface area contributed by atoms with Crippen LogP contribution in [0.5, 0.6) is 11.5 Å². The van der Waals surface area contributed by atoms with Crippen molar-refractivity contribution < 1.29 is 19.0 Å². The van der Waals surface area contributed by atoms with Gasteiger partial charge in [0, 0.05) is 7.05 Å². The molecule has 98 valence electrons. The monoisotopic (exact) mass is 252 g/mol. The molecular formula is C12H16N2O4. The van der Waals surface area contributed by atoms with Crippen LogP contribution >= 0.6 is 0 Å². The highest BCUT2D eigenvalue weighted by Gasteiger charge is 2.27. The van der Waals surface area contributed by atoms with Crippen molar-refractivity contribution in [1.82, 2.24) is 0 Å². The Labute approximate surface area is 105 Å². The van der Waals surface area contributed by atoms with Gasteiger partial charge in [-0.1, -0.05) is 0 Å². The molecule has 0 aromatic heterocycles. The molecule has 0 fully saturated rings. The van der Waals surface area contributed by atoms with Crippen LogP contribution in [0.4, 0.5) is 11.4 Å². The molecular weight excluding hydrogens is 236 g/mol. The fourth-order valence-electron chi connectivity index (χ4n) is 1.98. The summed E-state index contributed by atoms with van der Waals surface area (Å²) < 4.78 is 15.5. The molecule has 0 spiro atoms. The van der Waals surface area contributed by atoms with Gasteiger partial charge in [-0.2, -0.15) is 0 Å². The van der Waals surface area contributed by atoms with Gasteiger partial charge in [-0.05, 0) is 6.07 Å². The molecule has 1 aliphatic rings. The van der Waals surface area contributed by atoms with E-state index in [1.165, 1.54) is 14.2 Å². The summed E-state index contributed by atoms with van der Waals surface area (Å²) in [5, 5.41) is 0. The van der Waals surface area contributed by atoms with Crippen molar-refractivity contribution in [2.24, 2.45) is 0 Å². The molecule has 18 heavy (non-hydrogen) atoms. The molecule has 0 saturated heterocycles. The number of carbonyl (C=O) groups is 1. The molecule has 6 nitrogen and oxygen atoms in total. The third-order valence-electron chi connectivity index (χ3n) is 2.94. The summed E-state index contributed by atoms with van der Waals surface area (Å²) >= 11 is 0. The van der Waals surface area contributed by atoms with Crippen molar-refractivity contribution in [1.29, 1.82) is 0 Å². The Balaban J connectivity index is 2.65. The van der Waals surface area contributed by atoms with E-state index >= 15 is 0 Å². The van der Waals surface area contributed by atoms with Gasteiger partial charge < -0.3 is 24.8 Å². The molecule has 6 heteroatoms. The van der Waals surface area contributed by atoms with E-state index in [9.17, 15) is 4.79 Å². The third kappa shape index (κ3) is 1.79. The molecule has 0 atom stereocenters. The quantitative estimate of drug-likeness (QED) is 0.622. The summed E-state index contributed by atoms with van der Waals surface area (Å²) in [6.07, 6.45) is 0. The number of anilines is 2. The van der Waals surface area contributed by atoms with Gasteiger partial charge in [0.25, 0.3) is 0 Å². The first-order valence-electron chi connectivity index (χ1n) is 5.52. The van der Waals surface area contributed by atoms with Crippen LogP contribution in [0.15, 0.2) is 6.07 Å². The Morgan fingerprint density at radius 3 is 2.83 bits per heavy atom. The first-order valence-corrected chi connectivity index (χ1v) is 5.52. The minimum atomic E-state index is -0.509. The van der Waals surface area contributed by atoms with Crippen molar-refractivity contribution in [3.05, 3.63) is 11.6 Å². The van der Waals surface area contributed by atoms with Crippen LogP contribution in [-0.4, -0.2) is 40.4 Å². The van der Waals surface area contributed by atoms with E-state index in [-0.39, 0.29) is 11.3 Å². The SMILES string of the molecule is COC(=O)c1cc(OC)c2c(c1N)OCCN2C. The number of fused-ring (bicyclic) bond motifs is 1. The normalized spacial score (nSPS) is 13.6. The second kappa shape index (κ2) is 4.64. The first kappa shape index (κ1) is 12.3. The van der Waals surface area contributed by atoms with E-state index < -0.39 is 5.97 Å². The maximum absolute atomic E-state index is 11.6. The van der Waals surface area contributed by atoms with Crippen LogP contribution in [0.25, 0.3) is 0 Å². The number of hydrogen-bond acceptors (Lipinski definition) is 6. The Kier molecular flexibility index (Phi) is 3.18. The predicted molar refractivity (Wildman–Crippen MR) is 67.5 cm³/mol. The zero-order valence-corrected chi connectivity index (χ0v) is 10.6. The summed E-state index contributed by atoms with van der Waals surface area (Å²) in [5.74, 6) is 0.510. The number of esters is 1. The summed E-state index contributed by atoms with van der Waals surface area (Å²) in [6, 6.07) is 1.57. The molecule has 1 heterocycles. The number of rotatable bonds is 2. The van der Waals surface area contributed by atoms with E-state index in [0.29, 0.717) is 18.1 Å². The molecule has 1 aromatic carbocycles. The van der Waals surface area contributed by atoms with Crippen LogP contribution in [-0.2, 0) is 4.74 Å². The molecule has 1 aromatic rings. The predicted octanol–water partition coefficient (Wildman–Crippen LogP) is 0.893. The number of nitrogen functional groups attached to an aromatic ring is 1. The van der Waals surface area contributed by atoms with Crippen LogP contribution in [0, 0.1) is 0 Å². The number of ether oxygens (including phenoxy) is 3. The zero-order chi connectivity index (χ0) is 13.3. The number of likely N-dealkylation sites (N-methyl/N-ethyl adjacent to an activating group) is 1. The van der Waals surface area contributed by atoms with Crippen molar-refractivity contribution in [2.45, 2.75) is 0 Å². The van der Waals surface area contributed by atoms with Gasteiger partial charge in [0.05, 0.1) is 32.0 Å². The molecule has 1 aliphatic heterocycles. The Bertz CT molecular complexity index is 487. The van der Waals surface area contributed by atoms with E-state index in [2.05, 4.69) is 0 Å². The third-order valence-corrected chi connectivity index (χ3v) is 2.94. The minimum absolute atomic E-state index is 0.253. The highest BCUT2D eigenvalue weighted by Crippen LogP contribution is 2.45. The van der Waals surface area contributed by atoms with Gasteiger partial charge in [-0.15, -0.1) is 0 Å². The number of methoxy groups -OCH3 is 2. The highest BCUT2D eigenvalue weighted by atomic mass is 16.5. The highest BCUT2D eigenvalue weighted by molar-refractivity contribution is 6.00. The van der Waals surface area contributed by atoms with E-state index in [0.717, 1.165) is 12.2 Å². The van der Waals surface area contributed by atoms with Crippen molar-refractivity contribution in [2.75, 3.05) is 45.1 Å². The Morgan fingerprint density at radius 1 is 1.50 bits per heavy atom. The molecule has 0 saturated carbocycles. The van der Waals surface area contributed by atoms with Crippen molar-refractivity contribution in [3.8, 4) is 11.5 Å². The molecule has 2 N–H and O–H groups in total. The van der Waals surface area contributed by atoms with E-state index in [1.807, 2.05) is 11.9 Å². The molecule has 0 unspecified atom stereocenters. The number of nitrogens with two attached hydrogens (primary N) is 1. The van der Waals surface area contributed by atoms with E-state index in [4.69, 9.17) is 19.9 Å². The van der Waals surface area contributed by atoms with Gasteiger partial charge in [-0.25, -0.2) is 4.79 Å². The number of nitrogens with zero attached hydrogens (tertiary/aromatic N) is 1.